The first-order valence-electron chi connectivity index (χ1n) is 6.21. The largest absolute Gasteiger partial charge is 0.549 e. The molecule has 0 radical (unpaired) electrons. The van der Waals surface area contributed by atoms with E-state index in [1.807, 2.05) is 30.3 Å². The van der Waals surface area contributed by atoms with Gasteiger partial charge in [-0.3, -0.25) is 4.79 Å². The minimum atomic E-state index is -1.38. The third kappa shape index (κ3) is 4.09. The quantitative estimate of drug-likeness (QED) is 0.571. The fraction of sp³-hybridized carbons (Fsp3) is 0.467. The molecule has 0 saturated heterocycles. The Kier molecular flexibility index (Phi) is 5.10. The van der Waals surface area contributed by atoms with Gasteiger partial charge in [-0.1, -0.05) is 44.2 Å². The Morgan fingerprint density at radius 3 is 2.32 bits per heavy atom. The van der Waals surface area contributed by atoms with Crippen LogP contribution < -0.4 is 5.11 Å². The molecule has 1 atom stereocenters. The van der Waals surface area contributed by atoms with E-state index < -0.39 is 23.3 Å². The summed E-state index contributed by atoms with van der Waals surface area (Å²) >= 11 is 0. The summed E-state index contributed by atoms with van der Waals surface area (Å²) in [5, 5.41) is 11.1. The summed E-state index contributed by atoms with van der Waals surface area (Å²) in [6, 6.07) is 9.73. The van der Waals surface area contributed by atoms with Gasteiger partial charge in [0.25, 0.3) is 0 Å². The maximum absolute atomic E-state index is 11.6. The zero-order valence-electron chi connectivity index (χ0n) is 11.5. The van der Waals surface area contributed by atoms with Crippen molar-refractivity contribution in [1.29, 1.82) is 0 Å². The maximum Gasteiger partial charge on any atom is 0.314 e. The second-order valence-corrected chi connectivity index (χ2v) is 5.25. The summed E-state index contributed by atoms with van der Waals surface area (Å²) in [4.78, 5) is 22.7. The lowest BCUT2D eigenvalue weighted by Gasteiger charge is -2.33. The standard InChI is InChI=1S/C15H20O4/c1-15(2,12(13(16)17)14(18)19-3)10-9-11-7-5-4-6-8-11/h4-8,12H,9-10H2,1-3H3,(H,16,17)/p-1. The zero-order valence-corrected chi connectivity index (χ0v) is 11.5. The molecule has 1 rings (SSSR count). The summed E-state index contributed by atoms with van der Waals surface area (Å²) in [5.41, 5.74) is 0.388. The smallest absolute Gasteiger partial charge is 0.314 e. The van der Waals surface area contributed by atoms with Gasteiger partial charge in [-0.05, 0) is 23.8 Å². The van der Waals surface area contributed by atoms with Crippen LogP contribution in [0.3, 0.4) is 0 Å². The van der Waals surface area contributed by atoms with Gasteiger partial charge in [0.15, 0.2) is 0 Å². The third-order valence-electron chi connectivity index (χ3n) is 3.35. The lowest BCUT2D eigenvalue weighted by atomic mass is 9.74. The first-order chi connectivity index (χ1) is 8.88. The Labute approximate surface area is 113 Å². The van der Waals surface area contributed by atoms with Crippen LogP contribution in [0.15, 0.2) is 30.3 Å². The Hall–Kier alpha value is -1.84. The van der Waals surface area contributed by atoms with Crippen molar-refractivity contribution in [3.05, 3.63) is 35.9 Å². The number of carbonyl (C=O) groups excluding carboxylic acids is 2. The van der Waals surface area contributed by atoms with Gasteiger partial charge < -0.3 is 14.6 Å². The highest BCUT2D eigenvalue weighted by molar-refractivity contribution is 5.93. The fourth-order valence-corrected chi connectivity index (χ4v) is 2.11. The molecule has 1 aromatic rings. The molecule has 4 nitrogen and oxygen atoms in total. The zero-order chi connectivity index (χ0) is 14.5. The number of rotatable bonds is 6. The lowest BCUT2D eigenvalue weighted by molar-refractivity contribution is -0.314. The summed E-state index contributed by atoms with van der Waals surface area (Å²) in [6.07, 6.45) is 1.26. The molecule has 4 heteroatoms. The van der Waals surface area contributed by atoms with E-state index in [1.54, 1.807) is 13.8 Å². The highest BCUT2D eigenvalue weighted by Gasteiger charge is 2.36. The molecule has 0 fully saturated rings. The molecular formula is C15H19O4-. The van der Waals surface area contributed by atoms with Crippen molar-refractivity contribution in [2.45, 2.75) is 26.7 Å². The molecule has 0 heterocycles. The Morgan fingerprint density at radius 2 is 1.84 bits per heavy atom. The van der Waals surface area contributed by atoms with Crippen LogP contribution in [0, 0.1) is 11.3 Å². The van der Waals surface area contributed by atoms with Crippen molar-refractivity contribution in [2.75, 3.05) is 7.11 Å². The number of aryl methyl sites for hydroxylation is 1. The summed E-state index contributed by atoms with van der Waals surface area (Å²) in [5.74, 6) is -3.39. The number of benzene rings is 1. The minimum absolute atomic E-state index is 0.560. The first kappa shape index (κ1) is 15.2. The van der Waals surface area contributed by atoms with Crippen LogP contribution in [0.4, 0.5) is 0 Å². The first-order valence-corrected chi connectivity index (χ1v) is 6.21. The van der Waals surface area contributed by atoms with Crippen molar-refractivity contribution in [3.8, 4) is 0 Å². The maximum atomic E-state index is 11.6. The Morgan fingerprint density at radius 1 is 1.26 bits per heavy atom. The highest BCUT2D eigenvalue weighted by atomic mass is 16.5. The van der Waals surface area contributed by atoms with E-state index in [9.17, 15) is 14.7 Å². The Balaban J connectivity index is 2.77. The third-order valence-corrected chi connectivity index (χ3v) is 3.35. The molecule has 1 aromatic carbocycles. The van der Waals surface area contributed by atoms with Crippen LogP contribution in [0.5, 0.6) is 0 Å². The average Bonchev–Trinajstić information content (AvgIpc) is 2.37. The molecule has 0 aliphatic rings. The molecule has 0 saturated carbocycles. The van der Waals surface area contributed by atoms with Gasteiger partial charge in [0, 0.05) is 0 Å². The number of esters is 1. The summed E-state index contributed by atoms with van der Waals surface area (Å²) in [6.45, 7) is 3.49. The van der Waals surface area contributed by atoms with Gasteiger partial charge in [-0.25, -0.2) is 0 Å². The molecule has 0 spiro atoms. The monoisotopic (exact) mass is 263 g/mol. The van der Waals surface area contributed by atoms with E-state index in [-0.39, 0.29) is 0 Å². The predicted molar refractivity (Wildman–Crippen MR) is 69.1 cm³/mol. The second-order valence-electron chi connectivity index (χ2n) is 5.25. The van der Waals surface area contributed by atoms with Crippen LogP contribution in [-0.2, 0) is 20.7 Å². The fourth-order valence-electron chi connectivity index (χ4n) is 2.11. The molecule has 1 unspecified atom stereocenters. The van der Waals surface area contributed by atoms with Gasteiger partial charge in [0.05, 0.1) is 13.1 Å². The number of carboxylic acids is 1. The number of hydrogen-bond donors (Lipinski definition) is 0. The van der Waals surface area contributed by atoms with E-state index in [0.717, 1.165) is 5.56 Å². The number of aliphatic carboxylic acids is 1. The second kappa shape index (κ2) is 6.36. The number of hydrogen-bond acceptors (Lipinski definition) is 4. The van der Waals surface area contributed by atoms with Crippen molar-refractivity contribution in [1.82, 2.24) is 0 Å². The minimum Gasteiger partial charge on any atom is -0.549 e. The van der Waals surface area contributed by atoms with Crippen molar-refractivity contribution in [3.63, 3.8) is 0 Å². The van der Waals surface area contributed by atoms with Crippen LogP contribution in [0.25, 0.3) is 0 Å². The predicted octanol–water partition coefficient (Wildman–Crippen LogP) is 1.18. The number of methoxy groups -OCH3 is 1. The molecule has 104 valence electrons. The average molecular weight is 263 g/mol. The normalized spacial score (nSPS) is 12.8. The topological polar surface area (TPSA) is 66.4 Å². The summed E-state index contributed by atoms with van der Waals surface area (Å²) in [7, 11) is 1.19. The molecule has 0 aromatic heterocycles. The number of ether oxygens (including phenoxy) is 1. The van der Waals surface area contributed by atoms with Crippen LogP contribution >= 0.6 is 0 Å². The molecule has 19 heavy (non-hydrogen) atoms. The van der Waals surface area contributed by atoms with E-state index >= 15 is 0 Å². The molecule has 0 aliphatic carbocycles. The Bertz CT molecular complexity index is 437. The molecule has 0 bridgehead atoms. The number of carboxylic acid groups (broad SMARTS) is 1. The van der Waals surface area contributed by atoms with Crippen molar-refractivity contribution < 1.29 is 19.4 Å². The molecule has 0 amide bonds. The van der Waals surface area contributed by atoms with Crippen molar-refractivity contribution >= 4 is 11.9 Å². The van der Waals surface area contributed by atoms with Crippen LogP contribution in [-0.4, -0.2) is 19.0 Å². The van der Waals surface area contributed by atoms with Gasteiger partial charge in [0.2, 0.25) is 0 Å². The number of carbonyl (C=O) groups is 2. The molecular weight excluding hydrogens is 244 g/mol. The van der Waals surface area contributed by atoms with E-state index in [0.29, 0.717) is 12.8 Å². The lowest BCUT2D eigenvalue weighted by Crippen LogP contribution is -2.45. The molecule has 0 N–H and O–H groups in total. The SMILES string of the molecule is COC(=O)C(C(=O)[O-])C(C)(C)CCc1ccccc1. The van der Waals surface area contributed by atoms with E-state index in [2.05, 4.69) is 4.74 Å². The summed E-state index contributed by atoms with van der Waals surface area (Å²) < 4.78 is 4.55. The van der Waals surface area contributed by atoms with Gasteiger partial charge in [-0.2, -0.15) is 0 Å². The van der Waals surface area contributed by atoms with Crippen LogP contribution in [0.1, 0.15) is 25.8 Å². The van der Waals surface area contributed by atoms with E-state index in [1.165, 1.54) is 7.11 Å². The highest BCUT2D eigenvalue weighted by Crippen LogP contribution is 2.32. The van der Waals surface area contributed by atoms with Gasteiger partial charge >= 0.3 is 5.97 Å². The van der Waals surface area contributed by atoms with E-state index in [4.69, 9.17) is 0 Å². The van der Waals surface area contributed by atoms with Crippen LogP contribution in [0.2, 0.25) is 0 Å². The van der Waals surface area contributed by atoms with Crippen molar-refractivity contribution in [2.24, 2.45) is 11.3 Å². The molecule has 0 aliphatic heterocycles. The van der Waals surface area contributed by atoms with Gasteiger partial charge in [-0.15, -0.1) is 0 Å². The van der Waals surface area contributed by atoms with Gasteiger partial charge in [0.1, 0.15) is 5.92 Å².